The summed E-state index contributed by atoms with van der Waals surface area (Å²) in [6.45, 7) is 7.44. The van der Waals surface area contributed by atoms with E-state index in [1.165, 1.54) is 5.56 Å². The highest BCUT2D eigenvalue weighted by Crippen LogP contribution is 2.31. The number of hydrogen-bond donors (Lipinski definition) is 2. The minimum absolute atomic E-state index is 0.0204. The lowest BCUT2D eigenvalue weighted by Gasteiger charge is -2.20. The molecular formula is C24H29BrN2O4. The summed E-state index contributed by atoms with van der Waals surface area (Å²) in [7, 11) is 0. The summed E-state index contributed by atoms with van der Waals surface area (Å²) < 4.78 is 12.0. The van der Waals surface area contributed by atoms with E-state index in [2.05, 4.69) is 47.3 Å². The van der Waals surface area contributed by atoms with Gasteiger partial charge in [-0.15, -0.1) is 0 Å². The minimum Gasteiger partial charge on any atom is -0.483 e. The van der Waals surface area contributed by atoms with E-state index in [1.807, 2.05) is 18.2 Å². The first-order chi connectivity index (χ1) is 14.7. The third kappa shape index (κ3) is 6.55. The Kier molecular flexibility index (Phi) is 7.73. The Hall–Kier alpha value is -2.38. The van der Waals surface area contributed by atoms with Crippen LogP contribution >= 0.6 is 15.9 Å². The molecule has 1 aliphatic rings. The van der Waals surface area contributed by atoms with E-state index >= 15 is 0 Å². The lowest BCUT2D eigenvalue weighted by atomic mass is 9.87. The summed E-state index contributed by atoms with van der Waals surface area (Å²) in [4.78, 5) is 25.0. The number of nitrogens with one attached hydrogen (secondary N) is 2. The van der Waals surface area contributed by atoms with Crippen molar-refractivity contribution in [2.45, 2.75) is 45.1 Å². The van der Waals surface area contributed by atoms with Gasteiger partial charge in [0.25, 0.3) is 11.8 Å². The maximum Gasteiger partial charge on any atom is 0.262 e. The Morgan fingerprint density at radius 3 is 2.65 bits per heavy atom. The van der Waals surface area contributed by atoms with Crippen LogP contribution < -0.4 is 15.4 Å². The van der Waals surface area contributed by atoms with E-state index in [-0.39, 0.29) is 29.9 Å². The summed E-state index contributed by atoms with van der Waals surface area (Å²) in [5, 5.41) is 5.66. The van der Waals surface area contributed by atoms with Crippen LogP contribution in [0.2, 0.25) is 0 Å². The molecule has 166 valence electrons. The smallest absolute Gasteiger partial charge is 0.262 e. The summed E-state index contributed by atoms with van der Waals surface area (Å²) >= 11 is 3.51. The van der Waals surface area contributed by atoms with Crippen LogP contribution in [0.3, 0.4) is 0 Å². The fourth-order valence-corrected chi connectivity index (χ4v) is 3.80. The molecule has 31 heavy (non-hydrogen) atoms. The van der Waals surface area contributed by atoms with Crippen LogP contribution in [0.5, 0.6) is 5.75 Å². The molecule has 2 amide bonds. The molecule has 7 heteroatoms. The number of hydrogen-bond acceptors (Lipinski definition) is 4. The zero-order valence-electron chi connectivity index (χ0n) is 18.2. The normalized spacial score (nSPS) is 16.1. The standard InChI is InChI=1S/C24H29BrN2O4/c1-24(2,3)16-10-11-21(19(25)13-16)31-15-22(28)27-20-9-5-4-8-18(20)23(29)26-14-17-7-6-12-30-17/h4-5,8-11,13,17H,6-7,12,14-15H2,1-3H3,(H,26,29)(H,27,28)/t17-/m0/s1. The zero-order chi connectivity index (χ0) is 22.4. The average Bonchev–Trinajstić information content (AvgIpc) is 3.24. The van der Waals surface area contributed by atoms with Gasteiger partial charge >= 0.3 is 0 Å². The van der Waals surface area contributed by atoms with Crippen LogP contribution in [0, 0.1) is 0 Å². The highest BCUT2D eigenvalue weighted by Gasteiger charge is 2.19. The molecule has 0 aromatic heterocycles. The first kappa shape index (κ1) is 23.3. The zero-order valence-corrected chi connectivity index (χ0v) is 19.8. The Morgan fingerprint density at radius 2 is 1.97 bits per heavy atom. The highest BCUT2D eigenvalue weighted by molar-refractivity contribution is 9.10. The van der Waals surface area contributed by atoms with Crippen molar-refractivity contribution >= 4 is 33.4 Å². The van der Waals surface area contributed by atoms with Crippen molar-refractivity contribution < 1.29 is 19.1 Å². The van der Waals surface area contributed by atoms with Crippen LogP contribution in [0.15, 0.2) is 46.9 Å². The monoisotopic (exact) mass is 488 g/mol. The Morgan fingerprint density at radius 1 is 1.19 bits per heavy atom. The maximum atomic E-state index is 12.6. The topological polar surface area (TPSA) is 76.7 Å². The van der Waals surface area contributed by atoms with Gasteiger partial charge in [0.15, 0.2) is 6.61 Å². The number of benzene rings is 2. The number of carbonyl (C=O) groups is 2. The van der Waals surface area contributed by atoms with Gasteiger partial charge in [0, 0.05) is 13.2 Å². The predicted molar refractivity (Wildman–Crippen MR) is 125 cm³/mol. The van der Waals surface area contributed by atoms with E-state index in [9.17, 15) is 9.59 Å². The molecular weight excluding hydrogens is 460 g/mol. The number of carbonyl (C=O) groups excluding carboxylic acids is 2. The Labute approximate surface area is 191 Å². The highest BCUT2D eigenvalue weighted by atomic mass is 79.9. The maximum absolute atomic E-state index is 12.6. The molecule has 1 fully saturated rings. The van der Waals surface area contributed by atoms with E-state index in [1.54, 1.807) is 24.3 Å². The van der Waals surface area contributed by atoms with E-state index in [0.717, 1.165) is 23.9 Å². The van der Waals surface area contributed by atoms with Crippen molar-refractivity contribution in [2.24, 2.45) is 0 Å². The van der Waals surface area contributed by atoms with Gasteiger partial charge in [-0.25, -0.2) is 0 Å². The first-order valence-corrected chi connectivity index (χ1v) is 11.2. The SMILES string of the molecule is CC(C)(C)c1ccc(OCC(=O)Nc2ccccc2C(=O)NC[C@@H]2CCCO2)c(Br)c1. The van der Waals surface area contributed by atoms with Gasteiger partial charge < -0.3 is 20.1 Å². The third-order valence-corrected chi connectivity index (χ3v) is 5.74. The number of amides is 2. The second-order valence-electron chi connectivity index (χ2n) is 8.62. The van der Waals surface area contributed by atoms with Crippen molar-refractivity contribution in [1.29, 1.82) is 0 Å². The molecule has 2 N–H and O–H groups in total. The van der Waals surface area contributed by atoms with E-state index in [0.29, 0.717) is 23.5 Å². The molecule has 0 radical (unpaired) electrons. The van der Waals surface area contributed by atoms with Crippen molar-refractivity contribution in [3.8, 4) is 5.75 Å². The van der Waals surface area contributed by atoms with Gasteiger partial charge in [-0.1, -0.05) is 39.0 Å². The fourth-order valence-electron chi connectivity index (χ4n) is 3.31. The van der Waals surface area contributed by atoms with Crippen LogP contribution in [0.4, 0.5) is 5.69 Å². The lowest BCUT2D eigenvalue weighted by Crippen LogP contribution is -2.32. The van der Waals surface area contributed by atoms with Gasteiger partial charge in [-0.05, 0) is 64.0 Å². The minimum atomic E-state index is -0.342. The molecule has 2 aromatic rings. The molecule has 1 saturated heterocycles. The summed E-state index contributed by atoms with van der Waals surface area (Å²) in [5.74, 6) is 0.00440. The second kappa shape index (κ2) is 10.3. The van der Waals surface area contributed by atoms with Gasteiger partial charge in [0.05, 0.1) is 21.8 Å². The molecule has 6 nitrogen and oxygen atoms in total. The fraction of sp³-hybridized carbons (Fsp3) is 0.417. The second-order valence-corrected chi connectivity index (χ2v) is 9.48. The third-order valence-electron chi connectivity index (χ3n) is 5.12. The van der Waals surface area contributed by atoms with Crippen LogP contribution in [-0.2, 0) is 14.9 Å². The van der Waals surface area contributed by atoms with E-state index in [4.69, 9.17) is 9.47 Å². The van der Waals surface area contributed by atoms with Crippen molar-refractivity contribution in [3.05, 3.63) is 58.1 Å². The molecule has 0 unspecified atom stereocenters. The largest absolute Gasteiger partial charge is 0.483 e. The van der Waals surface area contributed by atoms with Crippen molar-refractivity contribution in [3.63, 3.8) is 0 Å². The van der Waals surface area contributed by atoms with Gasteiger partial charge in [0.2, 0.25) is 0 Å². The molecule has 0 saturated carbocycles. The predicted octanol–water partition coefficient (Wildman–Crippen LogP) is 4.67. The number of halogens is 1. The Bertz CT molecular complexity index is 933. The number of ether oxygens (including phenoxy) is 2. The quantitative estimate of drug-likeness (QED) is 0.593. The molecule has 0 spiro atoms. The molecule has 1 heterocycles. The first-order valence-electron chi connectivity index (χ1n) is 10.5. The van der Waals surface area contributed by atoms with Crippen LogP contribution in [-0.4, -0.2) is 37.7 Å². The number of rotatable bonds is 7. The lowest BCUT2D eigenvalue weighted by molar-refractivity contribution is -0.118. The Balaban J connectivity index is 1.57. The molecule has 0 aliphatic carbocycles. The van der Waals surface area contributed by atoms with Gasteiger partial charge in [-0.2, -0.15) is 0 Å². The molecule has 1 aliphatic heterocycles. The van der Waals surface area contributed by atoms with Gasteiger partial charge in [-0.3, -0.25) is 9.59 Å². The molecule has 2 aromatic carbocycles. The van der Waals surface area contributed by atoms with E-state index < -0.39 is 0 Å². The van der Waals surface area contributed by atoms with Gasteiger partial charge in [0.1, 0.15) is 5.75 Å². The number of para-hydroxylation sites is 1. The number of anilines is 1. The van der Waals surface area contributed by atoms with Crippen molar-refractivity contribution in [2.75, 3.05) is 25.1 Å². The summed E-state index contributed by atoms with van der Waals surface area (Å²) in [6.07, 6.45) is 2.02. The van der Waals surface area contributed by atoms with Crippen LogP contribution in [0.1, 0.15) is 49.5 Å². The van der Waals surface area contributed by atoms with Crippen molar-refractivity contribution in [1.82, 2.24) is 5.32 Å². The molecule has 3 rings (SSSR count). The molecule has 0 bridgehead atoms. The summed E-state index contributed by atoms with van der Waals surface area (Å²) in [6, 6.07) is 12.8. The average molecular weight is 489 g/mol. The van der Waals surface area contributed by atoms with Crippen LogP contribution in [0.25, 0.3) is 0 Å². The summed E-state index contributed by atoms with van der Waals surface area (Å²) in [5.41, 5.74) is 2.04. The molecule has 1 atom stereocenters.